The fraction of sp³-hybridized carbons (Fsp3) is 1.00. The summed E-state index contributed by atoms with van der Waals surface area (Å²) in [6.07, 6.45) is 5.52. The van der Waals surface area contributed by atoms with Crippen LogP contribution in [-0.2, 0) is 4.74 Å². The third kappa shape index (κ3) is 9.42. The topological polar surface area (TPSA) is 55.5 Å². The average molecular weight is 273 g/mol. The fourth-order valence-electron chi connectivity index (χ4n) is 2.61. The van der Waals surface area contributed by atoms with Gasteiger partial charge in [0.2, 0.25) is 0 Å². The Morgan fingerprint density at radius 3 is 2.16 bits per heavy atom. The van der Waals surface area contributed by atoms with Gasteiger partial charge in [-0.2, -0.15) is 0 Å². The molecular weight excluding hydrogens is 238 g/mol. The lowest BCUT2D eigenvalue weighted by molar-refractivity contribution is -0.0538. The van der Waals surface area contributed by atoms with Crippen molar-refractivity contribution in [3.8, 4) is 0 Å². The van der Waals surface area contributed by atoms with Crippen LogP contribution in [0.4, 0.5) is 0 Å². The predicted molar refractivity (Wildman–Crippen MR) is 81.9 cm³/mol. The van der Waals surface area contributed by atoms with Gasteiger partial charge >= 0.3 is 0 Å². The van der Waals surface area contributed by atoms with Crippen LogP contribution in [0.1, 0.15) is 66.7 Å². The summed E-state index contributed by atoms with van der Waals surface area (Å²) in [6, 6.07) is 0. The minimum Gasteiger partial charge on any atom is -0.377 e. The smallest absolute Gasteiger partial charge is 0.137 e. The zero-order valence-corrected chi connectivity index (χ0v) is 13.6. The number of nitrogens with two attached hydrogens (primary N) is 1. The van der Waals surface area contributed by atoms with Crippen LogP contribution in [0.3, 0.4) is 0 Å². The first-order valence-corrected chi connectivity index (χ1v) is 7.91. The van der Waals surface area contributed by atoms with E-state index in [-0.39, 0.29) is 6.61 Å². The number of rotatable bonds is 11. The Hall–Kier alpha value is -0.120. The Kier molecular flexibility index (Phi) is 9.67. The molecule has 0 aromatic heterocycles. The number of hydrogen-bond acceptors (Lipinski definition) is 3. The van der Waals surface area contributed by atoms with E-state index >= 15 is 0 Å². The molecule has 4 atom stereocenters. The summed E-state index contributed by atoms with van der Waals surface area (Å²) in [5.41, 5.74) is 4.68. The summed E-state index contributed by atoms with van der Waals surface area (Å²) in [7, 11) is 0. The lowest BCUT2D eigenvalue weighted by atomic mass is 9.85. The van der Waals surface area contributed by atoms with Gasteiger partial charge in [0.25, 0.3) is 0 Å². The molecular formula is C16H35NO2. The maximum absolute atomic E-state index is 10.0. The molecule has 0 aliphatic rings. The van der Waals surface area contributed by atoms with Crippen molar-refractivity contribution in [2.45, 2.75) is 72.4 Å². The molecule has 0 rings (SSSR count). The van der Waals surface area contributed by atoms with E-state index in [1.165, 1.54) is 19.3 Å². The number of hydrogen-bond donors (Lipinski definition) is 2. The quantitative estimate of drug-likeness (QED) is 0.566. The first kappa shape index (κ1) is 18.9. The number of ether oxygens (including phenoxy) is 1. The summed E-state index contributed by atoms with van der Waals surface area (Å²) < 4.78 is 5.22. The van der Waals surface area contributed by atoms with Crippen molar-refractivity contribution in [1.82, 2.24) is 0 Å². The molecule has 3 N–H and O–H groups in total. The molecule has 0 heterocycles. The maximum atomic E-state index is 10.0. The SMILES string of the molecule is CCC[C@H](C)[C@@H](C)CC[C@@H](C)CC(N)(O)COCC. The van der Waals surface area contributed by atoms with Crippen molar-refractivity contribution < 1.29 is 9.84 Å². The Bertz CT molecular complexity index is 219. The standard InChI is InChI=1S/C16H35NO2/c1-6-8-14(4)15(5)10-9-13(3)11-16(17,18)12-19-7-2/h13-15,18H,6-12,17H2,1-5H3/t13-,14+,15+,16?/m1/s1. The molecule has 3 heteroatoms. The van der Waals surface area contributed by atoms with E-state index in [9.17, 15) is 5.11 Å². The molecule has 0 saturated heterocycles. The second-order valence-electron chi connectivity index (χ2n) is 6.37. The molecule has 0 aliphatic carbocycles. The van der Waals surface area contributed by atoms with Crippen molar-refractivity contribution >= 4 is 0 Å². The zero-order chi connectivity index (χ0) is 14.9. The van der Waals surface area contributed by atoms with Gasteiger partial charge in [-0.25, -0.2) is 0 Å². The fourth-order valence-corrected chi connectivity index (χ4v) is 2.61. The molecule has 0 fully saturated rings. The van der Waals surface area contributed by atoms with Crippen molar-refractivity contribution in [3.05, 3.63) is 0 Å². The summed E-state index contributed by atoms with van der Waals surface area (Å²) in [6.45, 7) is 11.8. The molecule has 1 unspecified atom stereocenters. The lowest BCUT2D eigenvalue weighted by Gasteiger charge is -2.27. The third-order valence-corrected chi connectivity index (χ3v) is 4.09. The first-order chi connectivity index (χ1) is 8.82. The highest BCUT2D eigenvalue weighted by molar-refractivity contribution is 4.74. The van der Waals surface area contributed by atoms with E-state index in [0.29, 0.717) is 18.9 Å². The van der Waals surface area contributed by atoms with E-state index in [0.717, 1.165) is 18.3 Å². The van der Waals surface area contributed by atoms with Crippen molar-refractivity contribution in [1.29, 1.82) is 0 Å². The molecule has 0 amide bonds. The Balaban J connectivity index is 3.94. The minimum absolute atomic E-state index is 0.232. The van der Waals surface area contributed by atoms with Gasteiger partial charge < -0.3 is 15.6 Å². The molecule has 19 heavy (non-hydrogen) atoms. The van der Waals surface area contributed by atoms with Crippen LogP contribution in [0.25, 0.3) is 0 Å². The minimum atomic E-state index is -1.17. The largest absolute Gasteiger partial charge is 0.377 e. The Morgan fingerprint density at radius 1 is 1.05 bits per heavy atom. The highest BCUT2D eigenvalue weighted by Gasteiger charge is 2.24. The summed E-state index contributed by atoms with van der Waals surface area (Å²) in [5.74, 6) is 1.98. The van der Waals surface area contributed by atoms with Crippen molar-refractivity contribution in [2.75, 3.05) is 13.2 Å². The van der Waals surface area contributed by atoms with Crippen LogP contribution >= 0.6 is 0 Å². The van der Waals surface area contributed by atoms with E-state index in [1.807, 2.05) is 6.92 Å². The highest BCUT2D eigenvalue weighted by atomic mass is 16.5. The van der Waals surface area contributed by atoms with E-state index in [1.54, 1.807) is 0 Å². The van der Waals surface area contributed by atoms with E-state index < -0.39 is 5.72 Å². The summed E-state index contributed by atoms with van der Waals surface area (Å²) in [4.78, 5) is 0. The van der Waals surface area contributed by atoms with Crippen LogP contribution in [0.2, 0.25) is 0 Å². The Labute approximate surface area is 119 Å². The van der Waals surface area contributed by atoms with Gasteiger partial charge in [0.05, 0.1) is 6.61 Å². The number of aliphatic hydroxyl groups is 1. The molecule has 0 aromatic rings. The summed E-state index contributed by atoms with van der Waals surface area (Å²) in [5, 5.41) is 10.0. The molecule has 0 aromatic carbocycles. The molecule has 0 saturated carbocycles. The third-order valence-electron chi connectivity index (χ3n) is 4.09. The van der Waals surface area contributed by atoms with Gasteiger partial charge in [-0.05, 0) is 31.1 Å². The second kappa shape index (κ2) is 9.73. The molecule has 0 radical (unpaired) electrons. The molecule has 0 aliphatic heterocycles. The van der Waals surface area contributed by atoms with Crippen LogP contribution < -0.4 is 5.73 Å². The van der Waals surface area contributed by atoms with Gasteiger partial charge in [-0.15, -0.1) is 0 Å². The van der Waals surface area contributed by atoms with Crippen LogP contribution in [0, 0.1) is 17.8 Å². The molecule has 0 spiro atoms. The Morgan fingerprint density at radius 2 is 1.63 bits per heavy atom. The molecule has 116 valence electrons. The van der Waals surface area contributed by atoms with Crippen LogP contribution in [0.5, 0.6) is 0 Å². The first-order valence-electron chi connectivity index (χ1n) is 7.91. The average Bonchev–Trinajstić information content (AvgIpc) is 2.33. The van der Waals surface area contributed by atoms with Gasteiger partial charge in [0.15, 0.2) is 0 Å². The van der Waals surface area contributed by atoms with E-state index in [2.05, 4.69) is 27.7 Å². The van der Waals surface area contributed by atoms with Crippen molar-refractivity contribution in [3.63, 3.8) is 0 Å². The second-order valence-corrected chi connectivity index (χ2v) is 6.37. The van der Waals surface area contributed by atoms with Crippen LogP contribution in [-0.4, -0.2) is 24.0 Å². The predicted octanol–water partition coefficient (Wildman–Crippen LogP) is 3.55. The molecule has 0 bridgehead atoms. The zero-order valence-electron chi connectivity index (χ0n) is 13.6. The van der Waals surface area contributed by atoms with Gasteiger partial charge in [-0.1, -0.05) is 53.4 Å². The maximum Gasteiger partial charge on any atom is 0.137 e. The van der Waals surface area contributed by atoms with Crippen molar-refractivity contribution in [2.24, 2.45) is 23.5 Å². The van der Waals surface area contributed by atoms with Crippen LogP contribution in [0.15, 0.2) is 0 Å². The lowest BCUT2D eigenvalue weighted by Crippen LogP contribution is -2.45. The van der Waals surface area contributed by atoms with Gasteiger partial charge in [-0.3, -0.25) is 0 Å². The highest BCUT2D eigenvalue weighted by Crippen LogP contribution is 2.25. The monoisotopic (exact) mass is 273 g/mol. The van der Waals surface area contributed by atoms with E-state index in [4.69, 9.17) is 10.5 Å². The van der Waals surface area contributed by atoms with Gasteiger partial charge in [0, 0.05) is 6.61 Å². The molecule has 3 nitrogen and oxygen atoms in total. The summed E-state index contributed by atoms with van der Waals surface area (Å²) >= 11 is 0. The normalized spacial score (nSPS) is 19.7. The van der Waals surface area contributed by atoms with Gasteiger partial charge in [0.1, 0.15) is 5.72 Å².